The van der Waals surface area contributed by atoms with Crippen LogP contribution in [0.1, 0.15) is 32.6 Å². The van der Waals surface area contributed by atoms with Crippen LogP contribution in [0, 0.1) is 5.92 Å². The van der Waals surface area contributed by atoms with Gasteiger partial charge in [-0.1, -0.05) is 37.4 Å². The van der Waals surface area contributed by atoms with Crippen LogP contribution in [0.3, 0.4) is 0 Å². The van der Waals surface area contributed by atoms with Crippen molar-refractivity contribution in [3.05, 3.63) is 11.6 Å². The molecule has 0 saturated heterocycles. The highest BCUT2D eigenvalue weighted by atomic mass is 35.5. The molecule has 0 aromatic heterocycles. The molecule has 0 aromatic rings. The Morgan fingerprint density at radius 1 is 1.57 bits per heavy atom. The van der Waals surface area contributed by atoms with Crippen LogP contribution in [-0.2, 0) is 0 Å². The standard InChI is InChI=1S/C11H19Cl2N/c1-10-4-2-5-11(8-10,9-13)14-7-3-6-12/h3,6,10,14H,2,4-5,7-9H2,1H3/b6-3+. The van der Waals surface area contributed by atoms with E-state index in [1.807, 2.05) is 6.08 Å². The molecular formula is C11H19Cl2N. The van der Waals surface area contributed by atoms with Gasteiger partial charge in [-0.25, -0.2) is 0 Å². The van der Waals surface area contributed by atoms with Crippen LogP contribution in [0.5, 0.6) is 0 Å². The first kappa shape index (κ1) is 12.4. The molecule has 0 aromatic carbocycles. The molecule has 3 heteroatoms. The van der Waals surface area contributed by atoms with Crippen molar-refractivity contribution in [2.24, 2.45) is 5.92 Å². The van der Waals surface area contributed by atoms with Gasteiger partial charge >= 0.3 is 0 Å². The topological polar surface area (TPSA) is 12.0 Å². The lowest BCUT2D eigenvalue weighted by atomic mass is 9.77. The average molecular weight is 236 g/mol. The van der Waals surface area contributed by atoms with E-state index in [0.29, 0.717) is 5.88 Å². The van der Waals surface area contributed by atoms with Gasteiger partial charge in [0.2, 0.25) is 0 Å². The fraction of sp³-hybridized carbons (Fsp3) is 0.818. The summed E-state index contributed by atoms with van der Waals surface area (Å²) in [6, 6.07) is 0. The molecule has 0 amide bonds. The lowest BCUT2D eigenvalue weighted by molar-refractivity contribution is 0.215. The van der Waals surface area contributed by atoms with Gasteiger partial charge in [-0.2, -0.15) is 0 Å². The Labute approximate surface area is 96.8 Å². The monoisotopic (exact) mass is 235 g/mol. The van der Waals surface area contributed by atoms with Gasteiger partial charge in [0.15, 0.2) is 0 Å². The summed E-state index contributed by atoms with van der Waals surface area (Å²) in [5.41, 5.74) is 1.71. The Kier molecular flexibility index (Phi) is 5.29. The first-order valence-corrected chi connectivity index (χ1v) is 6.26. The zero-order chi connectivity index (χ0) is 10.4. The maximum absolute atomic E-state index is 6.06. The maximum atomic E-state index is 6.06. The van der Waals surface area contributed by atoms with Gasteiger partial charge in [0.25, 0.3) is 0 Å². The number of rotatable bonds is 4. The van der Waals surface area contributed by atoms with Crippen LogP contribution in [0.2, 0.25) is 0 Å². The van der Waals surface area contributed by atoms with E-state index in [2.05, 4.69) is 12.2 Å². The van der Waals surface area contributed by atoms with Crippen LogP contribution in [0.4, 0.5) is 0 Å². The number of halogens is 2. The van der Waals surface area contributed by atoms with Gasteiger partial charge in [0, 0.05) is 23.5 Å². The molecule has 0 aliphatic heterocycles. The van der Waals surface area contributed by atoms with Gasteiger partial charge in [0.05, 0.1) is 0 Å². The Hall–Kier alpha value is 0.280. The van der Waals surface area contributed by atoms with E-state index in [1.165, 1.54) is 25.7 Å². The first-order chi connectivity index (χ1) is 6.72. The van der Waals surface area contributed by atoms with Crippen molar-refractivity contribution in [1.82, 2.24) is 5.32 Å². The minimum Gasteiger partial charge on any atom is -0.307 e. The minimum absolute atomic E-state index is 0.148. The summed E-state index contributed by atoms with van der Waals surface area (Å²) < 4.78 is 0. The van der Waals surface area contributed by atoms with Crippen molar-refractivity contribution in [3.63, 3.8) is 0 Å². The van der Waals surface area contributed by atoms with E-state index in [4.69, 9.17) is 23.2 Å². The van der Waals surface area contributed by atoms with E-state index in [-0.39, 0.29) is 5.54 Å². The fourth-order valence-electron chi connectivity index (χ4n) is 2.31. The molecule has 1 saturated carbocycles. The van der Waals surface area contributed by atoms with Crippen LogP contribution in [0.25, 0.3) is 0 Å². The number of nitrogens with one attached hydrogen (secondary N) is 1. The molecule has 2 unspecified atom stereocenters. The van der Waals surface area contributed by atoms with Gasteiger partial charge < -0.3 is 5.32 Å². The predicted octanol–water partition coefficient (Wildman–Crippen LogP) is 3.52. The van der Waals surface area contributed by atoms with E-state index in [9.17, 15) is 0 Å². The largest absolute Gasteiger partial charge is 0.307 e. The van der Waals surface area contributed by atoms with Gasteiger partial charge in [-0.15, -0.1) is 11.6 Å². The van der Waals surface area contributed by atoms with Crippen molar-refractivity contribution in [2.75, 3.05) is 12.4 Å². The van der Waals surface area contributed by atoms with Crippen LogP contribution < -0.4 is 5.32 Å². The summed E-state index contributed by atoms with van der Waals surface area (Å²) in [5, 5.41) is 3.51. The predicted molar refractivity (Wildman–Crippen MR) is 64.1 cm³/mol. The molecule has 0 bridgehead atoms. The second-order valence-electron chi connectivity index (χ2n) is 4.36. The number of hydrogen-bond acceptors (Lipinski definition) is 1. The molecule has 2 atom stereocenters. The molecule has 1 N–H and O–H groups in total. The molecule has 1 aliphatic rings. The average Bonchev–Trinajstić information content (AvgIpc) is 2.18. The maximum Gasteiger partial charge on any atom is 0.0406 e. The zero-order valence-corrected chi connectivity index (χ0v) is 10.2. The van der Waals surface area contributed by atoms with Crippen molar-refractivity contribution >= 4 is 23.2 Å². The summed E-state index contributed by atoms with van der Waals surface area (Å²) in [6.07, 6.45) is 6.93. The van der Waals surface area contributed by atoms with Crippen molar-refractivity contribution < 1.29 is 0 Å². The Morgan fingerprint density at radius 2 is 2.36 bits per heavy atom. The molecule has 0 heterocycles. The highest BCUT2D eigenvalue weighted by molar-refractivity contribution is 6.25. The summed E-state index contributed by atoms with van der Waals surface area (Å²) in [6.45, 7) is 3.13. The molecule has 1 aliphatic carbocycles. The Bertz CT molecular complexity index is 194. The Morgan fingerprint density at radius 3 is 2.93 bits per heavy atom. The molecule has 1 rings (SSSR count). The third-order valence-electron chi connectivity index (χ3n) is 3.03. The molecule has 0 spiro atoms. The number of alkyl halides is 1. The molecule has 1 nitrogen and oxygen atoms in total. The van der Waals surface area contributed by atoms with Crippen molar-refractivity contribution in [1.29, 1.82) is 0 Å². The zero-order valence-electron chi connectivity index (χ0n) is 8.73. The van der Waals surface area contributed by atoms with Crippen molar-refractivity contribution in [3.8, 4) is 0 Å². The van der Waals surface area contributed by atoms with Crippen LogP contribution in [0.15, 0.2) is 11.6 Å². The molecule has 0 radical (unpaired) electrons. The first-order valence-electron chi connectivity index (χ1n) is 5.29. The van der Waals surface area contributed by atoms with Crippen LogP contribution in [-0.4, -0.2) is 18.0 Å². The third kappa shape index (κ3) is 3.45. The SMILES string of the molecule is CC1CCCC(CCl)(NC/C=C/Cl)C1. The van der Waals surface area contributed by atoms with Gasteiger partial charge in [0.1, 0.15) is 0 Å². The number of hydrogen-bond donors (Lipinski definition) is 1. The lowest BCUT2D eigenvalue weighted by Crippen LogP contribution is -2.50. The normalized spacial score (nSPS) is 33.8. The van der Waals surface area contributed by atoms with Crippen molar-refractivity contribution in [2.45, 2.75) is 38.1 Å². The molecular weight excluding hydrogens is 217 g/mol. The fourth-order valence-corrected chi connectivity index (χ4v) is 2.74. The highest BCUT2D eigenvalue weighted by Gasteiger charge is 2.33. The summed E-state index contributed by atoms with van der Waals surface area (Å²) in [7, 11) is 0. The minimum atomic E-state index is 0.148. The molecule has 82 valence electrons. The highest BCUT2D eigenvalue weighted by Crippen LogP contribution is 2.32. The van der Waals surface area contributed by atoms with Gasteiger partial charge in [-0.05, 0) is 18.8 Å². The molecule has 14 heavy (non-hydrogen) atoms. The second kappa shape index (κ2) is 5.99. The summed E-state index contributed by atoms with van der Waals surface area (Å²) >= 11 is 11.5. The van der Waals surface area contributed by atoms with Crippen LogP contribution >= 0.6 is 23.2 Å². The molecule has 1 fully saturated rings. The lowest BCUT2D eigenvalue weighted by Gasteiger charge is -2.39. The van der Waals surface area contributed by atoms with Gasteiger partial charge in [-0.3, -0.25) is 0 Å². The second-order valence-corrected chi connectivity index (χ2v) is 4.88. The quantitative estimate of drug-likeness (QED) is 0.736. The summed E-state index contributed by atoms with van der Waals surface area (Å²) in [5.74, 6) is 1.49. The van der Waals surface area contributed by atoms with E-state index in [0.717, 1.165) is 12.5 Å². The Balaban J connectivity index is 2.47. The van der Waals surface area contributed by atoms with E-state index >= 15 is 0 Å². The smallest absolute Gasteiger partial charge is 0.0406 e. The van der Waals surface area contributed by atoms with E-state index < -0.39 is 0 Å². The summed E-state index contributed by atoms with van der Waals surface area (Å²) in [4.78, 5) is 0. The third-order valence-corrected chi connectivity index (χ3v) is 3.72. The van der Waals surface area contributed by atoms with E-state index in [1.54, 1.807) is 5.54 Å².